The molecular weight excluding hydrogens is 310 g/mol. The summed E-state index contributed by atoms with van der Waals surface area (Å²) in [6.07, 6.45) is 0.343. The van der Waals surface area contributed by atoms with Crippen molar-refractivity contribution in [3.05, 3.63) is 23.8 Å². The third kappa shape index (κ3) is 5.39. The van der Waals surface area contributed by atoms with Crippen LogP contribution >= 0.6 is 0 Å². The number of hydrogen-bond donors (Lipinski definition) is 3. The fourth-order valence-electron chi connectivity index (χ4n) is 1.89. The van der Waals surface area contributed by atoms with Gasteiger partial charge in [0.25, 0.3) is 0 Å². The third-order valence-electron chi connectivity index (χ3n) is 2.90. The minimum atomic E-state index is -1.47. The molecule has 0 bridgehead atoms. The predicted molar refractivity (Wildman–Crippen MR) is 80.1 cm³/mol. The van der Waals surface area contributed by atoms with Crippen molar-refractivity contribution in [2.75, 3.05) is 11.9 Å². The van der Waals surface area contributed by atoms with E-state index in [9.17, 15) is 23.5 Å². The van der Waals surface area contributed by atoms with Crippen LogP contribution in [0.2, 0.25) is 0 Å². The zero-order valence-corrected chi connectivity index (χ0v) is 13.2. The van der Waals surface area contributed by atoms with Crippen molar-refractivity contribution in [1.82, 2.24) is 5.32 Å². The summed E-state index contributed by atoms with van der Waals surface area (Å²) in [6.45, 7) is 5.55. The Balaban J connectivity index is 2.79. The topological polar surface area (TPSA) is 87.7 Å². The molecule has 0 aromatic heterocycles. The molecule has 0 fully saturated rings. The molecule has 1 rings (SSSR count). The summed E-state index contributed by atoms with van der Waals surface area (Å²) in [5.74, 6) is -4.20. The first-order valence-electron chi connectivity index (χ1n) is 7.17. The predicted octanol–water partition coefficient (Wildman–Crippen LogP) is 2.77. The van der Waals surface area contributed by atoms with Crippen LogP contribution in [-0.2, 0) is 9.53 Å². The Hall–Kier alpha value is -2.38. The summed E-state index contributed by atoms with van der Waals surface area (Å²) < 4.78 is 31.0. The number of aromatic hydroxyl groups is 1. The number of hydrogen-bond acceptors (Lipinski definition) is 4. The lowest BCUT2D eigenvalue weighted by Crippen LogP contribution is -2.44. The van der Waals surface area contributed by atoms with Gasteiger partial charge in [-0.15, -0.1) is 0 Å². The molecular formula is C15H20F2N2O4. The van der Waals surface area contributed by atoms with Gasteiger partial charge in [-0.1, -0.05) is 13.8 Å². The molecule has 0 unspecified atom stereocenters. The van der Waals surface area contributed by atoms with Gasteiger partial charge in [0.1, 0.15) is 6.04 Å². The Kier molecular flexibility index (Phi) is 6.74. The lowest BCUT2D eigenvalue weighted by Gasteiger charge is -2.19. The molecule has 0 aliphatic rings. The maximum absolute atomic E-state index is 13.2. The second kappa shape index (κ2) is 8.30. The lowest BCUT2D eigenvalue weighted by atomic mass is 10.0. The molecule has 3 N–H and O–H groups in total. The normalized spacial score (nSPS) is 11.9. The van der Waals surface area contributed by atoms with Gasteiger partial charge in [-0.25, -0.2) is 14.0 Å². The van der Waals surface area contributed by atoms with Gasteiger partial charge in [0.05, 0.1) is 12.3 Å². The van der Waals surface area contributed by atoms with E-state index in [2.05, 4.69) is 10.6 Å². The van der Waals surface area contributed by atoms with E-state index in [4.69, 9.17) is 4.74 Å². The van der Waals surface area contributed by atoms with Crippen molar-refractivity contribution < 1.29 is 28.2 Å². The highest BCUT2D eigenvalue weighted by molar-refractivity contribution is 5.93. The van der Waals surface area contributed by atoms with Gasteiger partial charge in [0.15, 0.2) is 11.6 Å². The minimum Gasteiger partial charge on any atom is -0.503 e. The van der Waals surface area contributed by atoms with Crippen LogP contribution in [0.25, 0.3) is 0 Å². The molecule has 0 heterocycles. The number of halogens is 2. The summed E-state index contributed by atoms with van der Waals surface area (Å²) in [7, 11) is 0. The molecule has 1 atom stereocenters. The fraction of sp³-hybridized carbons (Fsp3) is 0.467. The molecule has 0 radical (unpaired) electrons. The molecule has 0 saturated carbocycles. The van der Waals surface area contributed by atoms with E-state index < -0.39 is 35.4 Å². The first-order chi connectivity index (χ1) is 10.8. The van der Waals surface area contributed by atoms with Crippen molar-refractivity contribution in [2.45, 2.75) is 33.2 Å². The maximum atomic E-state index is 13.2. The number of carbonyl (C=O) groups is 2. The van der Waals surface area contributed by atoms with Gasteiger partial charge >= 0.3 is 12.0 Å². The van der Waals surface area contributed by atoms with E-state index >= 15 is 0 Å². The van der Waals surface area contributed by atoms with E-state index in [1.165, 1.54) is 0 Å². The Bertz CT molecular complexity index is 579. The van der Waals surface area contributed by atoms with Crippen LogP contribution in [0.3, 0.4) is 0 Å². The second-order valence-electron chi connectivity index (χ2n) is 5.29. The number of nitrogens with one attached hydrogen (secondary N) is 2. The van der Waals surface area contributed by atoms with Crippen molar-refractivity contribution in [1.29, 1.82) is 0 Å². The number of esters is 1. The molecule has 0 saturated heterocycles. The molecule has 8 heteroatoms. The molecule has 128 valence electrons. The molecule has 1 aromatic carbocycles. The standard InChI is InChI=1S/C15H20F2N2O4/c1-4-23-14(21)11(7-8(2)3)19-15(22)18-10-6-5-9(16)12(17)13(10)20/h5-6,8,11,20H,4,7H2,1-3H3,(H2,18,19,22)/t11-/m0/s1. The number of phenols is 1. The zero-order chi connectivity index (χ0) is 17.6. The number of benzene rings is 1. The van der Waals surface area contributed by atoms with Crippen molar-refractivity contribution in [3.8, 4) is 5.75 Å². The fourth-order valence-corrected chi connectivity index (χ4v) is 1.89. The highest BCUT2D eigenvalue weighted by Crippen LogP contribution is 2.28. The largest absolute Gasteiger partial charge is 0.503 e. The van der Waals surface area contributed by atoms with Gasteiger partial charge in [-0.05, 0) is 31.4 Å². The molecule has 0 spiro atoms. The monoisotopic (exact) mass is 330 g/mol. The molecule has 6 nitrogen and oxygen atoms in total. The van der Waals surface area contributed by atoms with Gasteiger partial charge in [0, 0.05) is 0 Å². The number of anilines is 1. The highest BCUT2D eigenvalue weighted by Gasteiger charge is 2.24. The smallest absolute Gasteiger partial charge is 0.328 e. The number of rotatable bonds is 6. The van der Waals surface area contributed by atoms with Crippen molar-refractivity contribution >= 4 is 17.7 Å². The van der Waals surface area contributed by atoms with Crippen LogP contribution in [0.1, 0.15) is 27.2 Å². The summed E-state index contributed by atoms with van der Waals surface area (Å²) in [4.78, 5) is 23.7. The molecule has 23 heavy (non-hydrogen) atoms. The first-order valence-corrected chi connectivity index (χ1v) is 7.17. The van der Waals surface area contributed by atoms with Gasteiger partial charge in [-0.3, -0.25) is 0 Å². The van der Waals surface area contributed by atoms with E-state index in [1.54, 1.807) is 6.92 Å². The number of ether oxygens (including phenoxy) is 1. The Morgan fingerprint density at radius 3 is 2.52 bits per heavy atom. The molecule has 0 aliphatic carbocycles. The van der Waals surface area contributed by atoms with E-state index in [1.807, 2.05) is 13.8 Å². The Morgan fingerprint density at radius 2 is 1.96 bits per heavy atom. The van der Waals surface area contributed by atoms with Crippen LogP contribution in [0.15, 0.2) is 12.1 Å². The van der Waals surface area contributed by atoms with E-state index in [0.717, 1.165) is 12.1 Å². The molecule has 2 amide bonds. The zero-order valence-electron chi connectivity index (χ0n) is 13.2. The van der Waals surface area contributed by atoms with Crippen LogP contribution in [0.4, 0.5) is 19.3 Å². The average Bonchev–Trinajstić information content (AvgIpc) is 2.47. The van der Waals surface area contributed by atoms with E-state index in [0.29, 0.717) is 6.42 Å². The Morgan fingerprint density at radius 1 is 1.30 bits per heavy atom. The molecule has 0 aliphatic heterocycles. The van der Waals surface area contributed by atoms with Crippen molar-refractivity contribution in [2.24, 2.45) is 5.92 Å². The first kappa shape index (κ1) is 18.7. The van der Waals surface area contributed by atoms with Crippen LogP contribution in [-0.4, -0.2) is 29.8 Å². The van der Waals surface area contributed by atoms with Crippen LogP contribution in [0, 0.1) is 17.6 Å². The van der Waals surface area contributed by atoms with Gasteiger partial charge < -0.3 is 20.5 Å². The quantitative estimate of drug-likeness (QED) is 0.553. The van der Waals surface area contributed by atoms with Crippen LogP contribution < -0.4 is 10.6 Å². The van der Waals surface area contributed by atoms with Gasteiger partial charge in [-0.2, -0.15) is 4.39 Å². The lowest BCUT2D eigenvalue weighted by molar-refractivity contribution is -0.145. The van der Waals surface area contributed by atoms with Crippen LogP contribution in [0.5, 0.6) is 5.75 Å². The summed E-state index contributed by atoms with van der Waals surface area (Å²) >= 11 is 0. The maximum Gasteiger partial charge on any atom is 0.328 e. The van der Waals surface area contributed by atoms with Crippen molar-refractivity contribution in [3.63, 3.8) is 0 Å². The second-order valence-corrected chi connectivity index (χ2v) is 5.29. The SMILES string of the molecule is CCOC(=O)[C@H](CC(C)C)NC(=O)Nc1ccc(F)c(F)c1O. The molecule has 1 aromatic rings. The summed E-state index contributed by atoms with van der Waals surface area (Å²) in [5, 5.41) is 14.0. The van der Waals surface area contributed by atoms with E-state index in [-0.39, 0.29) is 18.2 Å². The summed E-state index contributed by atoms with van der Waals surface area (Å²) in [6, 6.07) is 0.0453. The average molecular weight is 330 g/mol. The Labute approximate surface area is 132 Å². The number of carbonyl (C=O) groups excluding carboxylic acids is 2. The highest BCUT2D eigenvalue weighted by atomic mass is 19.2. The number of amides is 2. The summed E-state index contributed by atoms with van der Waals surface area (Å²) in [5.41, 5.74) is -0.312. The number of phenolic OH excluding ortho intramolecular Hbond substituents is 1. The minimum absolute atomic E-state index is 0.112. The third-order valence-corrected chi connectivity index (χ3v) is 2.90. The van der Waals surface area contributed by atoms with Gasteiger partial charge in [0.2, 0.25) is 5.82 Å². The number of urea groups is 1.